The lowest BCUT2D eigenvalue weighted by Crippen LogP contribution is -2.41. The van der Waals surface area contributed by atoms with Crippen LogP contribution in [0.3, 0.4) is 0 Å². The van der Waals surface area contributed by atoms with Crippen LogP contribution in [0.2, 0.25) is 0 Å². The number of carbonyl (C=O) groups is 2. The van der Waals surface area contributed by atoms with Crippen LogP contribution in [0.4, 0.5) is 5.69 Å². The third-order valence-electron chi connectivity index (χ3n) is 3.42. The predicted octanol–water partition coefficient (Wildman–Crippen LogP) is 3.72. The Morgan fingerprint density at radius 1 is 1.36 bits per heavy atom. The van der Waals surface area contributed by atoms with Crippen molar-refractivity contribution in [3.63, 3.8) is 0 Å². The van der Waals surface area contributed by atoms with Crippen molar-refractivity contribution in [2.75, 3.05) is 18.1 Å². The maximum absolute atomic E-state index is 11.8. The molecule has 0 aliphatic heterocycles. The van der Waals surface area contributed by atoms with Gasteiger partial charge < -0.3 is 14.4 Å². The summed E-state index contributed by atoms with van der Waals surface area (Å²) < 4.78 is 5.79. The first-order valence-corrected chi connectivity index (χ1v) is 8.06. The van der Waals surface area contributed by atoms with E-state index in [1.165, 1.54) is 0 Å². The van der Waals surface area contributed by atoms with Gasteiger partial charge in [0.1, 0.15) is 18.1 Å². The van der Waals surface area contributed by atoms with E-state index in [0.29, 0.717) is 18.8 Å². The Morgan fingerprint density at radius 3 is 2.64 bits per heavy atom. The number of hydrogen-bond donors (Lipinski definition) is 0. The molecule has 0 heterocycles. The molecule has 0 aliphatic carbocycles. The summed E-state index contributed by atoms with van der Waals surface area (Å²) in [6.45, 7) is 6.64. The molecule has 0 N–H and O–H groups in total. The van der Waals surface area contributed by atoms with Gasteiger partial charge >= 0.3 is 0 Å². The maximum Gasteiger partial charge on any atom is 0.244 e. The number of carbonyl (C=O) groups excluding carboxylic acids is 2. The summed E-state index contributed by atoms with van der Waals surface area (Å²) in [7, 11) is 0. The van der Waals surface area contributed by atoms with Crippen molar-refractivity contribution in [3.8, 4) is 5.75 Å². The topological polar surface area (TPSA) is 46.6 Å². The molecule has 0 saturated heterocycles. The molecule has 0 radical (unpaired) electrons. The standard InChI is InChI=1S/C17H24ClNO3/c1-4-7-14(17(18)21)19(10-11-20)16-13(3)8-6-9-15(16)22-12-5-2/h6,8-9,11,14H,4-5,7,10,12H2,1-3H3. The van der Waals surface area contributed by atoms with Crippen molar-refractivity contribution in [2.24, 2.45) is 0 Å². The van der Waals surface area contributed by atoms with E-state index in [0.717, 1.165) is 30.4 Å². The molecule has 22 heavy (non-hydrogen) atoms. The molecular weight excluding hydrogens is 302 g/mol. The summed E-state index contributed by atoms with van der Waals surface area (Å²) >= 11 is 5.77. The van der Waals surface area contributed by atoms with Crippen molar-refractivity contribution in [1.29, 1.82) is 0 Å². The first kappa shape index (κ1) is 18.5. The van der Waals surface area contributed by atoms with Gasteiger partial charge in [0.15, 0.2) is 0 Å². The first-order valence-electron chi connectivity index (χ1n) is 7.68. The van der Waals surface area contributed by atoms with E-state index in [1.807, 2.05) is 39.0 Å². The number of anilines is 1. The molecule has 0 saturated carbocycles. The molecule has 0 spiro atoms. The predicted molar refractivity (Wildman–Crippen MR) is 89.9 cm³/mol. The number of aldehydes is 1. The maximum atomic E-state index is 11.8. The van der Waals surface area contributed by atoms with Crippen LogP contribution < -0.4 is 9.64 Å². The third kappa shape index (κ3) is 4.73. The van der Waals surface area contributed by atoms with Crippen molar-refractivity contribution < 1.29 is 14.3 Å². The van der Waals surface area contributed by atoms with E-state index in [1.54, 1.807) is 4.90 Å². The Bertz CT molecular complexity index is 505. The van der Waals surface area contributed by atoms with Gasteiger partial charge in [-0.15, -0.1) is 0 Å². The molecule has 0 bridgehead atoms. The minimum Gasteiger partial charge on any atom is -0.491 e. The highest BCUT2D eigenvalue weighted by atomic mass is 35.5. The van der Waals surface area contributed by atoms with Gasteiger partial charge in [0.2, 0.25) is 5.24 Å². The van der Waals surface area contributed by atoms with Crippen LogP contribution in [-0.2, 0) is 9.59 Å². The summed E-state index contributed by atoms with van der Waals surface area (Å²) in [5, 5.41) is -0.451. The van der Waals surface area contributed by atoms with E-state index >= 15 is 0 Å². The fourth-order valence-electron chi connectivity index (χ4n) is 2.45. The highest BCUT2D eigenvalue weighted by Gasteiger charge is 2.27. The number of nitrogens with zero attached hydrogens (tertiary/aromatic N) is 1. The molecule has 122 valence electrons. The Balaban J connectivity index is 3.29. The zero-order valence-electron chi connectivity index (χ0n) is 13.5. The summed E-state index contributed by atoms with van der Waals surface area (Å²) in [6.07, 6.45) is 3.07. The van der Waals surface area contributed by atoms with Crippen molar-refractivity contribution >= 4 is 28.8 Å². The lowest BCUT2D eigenvalue weighted by Gasteiger charge is -2.32. The third-order valence-corrected chi connectivity index (χ3v) is 3.67. The SMILES string of the molecule is CCCOc1cccc(C)c1N(CC=O)C(CCC)C(=O)Cl. The summed E-state index contributed by atoms with van der Waals surface area (Å²) in [5.74, 6) is 0.683. The van der Waals surface area contributed by atoms with Gasteiger partial charge in [0.05, 0.1) is 18.8 Å². The number of hydrogen-bond acceptors (Lipinski definition) is 4. The number of aryl methyl sites for hydroxylation is 1. The zero-order valence-corrected chi connectivity index (χ0v) is 14.2. The number of benzene rings is 1. The first-order chi connectivity index (χ1) is 10.6. The molecule has 1 aromatic rings. The number of para-hydroxylation sites is 1. The monoisotopic (exact) mass is 325 g/mol. The molecule has 0 aromatic heterocycles. The highest BCUT2D eigenvalue weighted by molar-refractivity contribution is 6.65. The van der Waals surface area contributed by atoms with Gasteiger partial charge in [0, 0.05) is 0 Å². The quantitative estimate of drug-likeness (QED) is 0.486. The van der Waals surface area contributed by atoms with Gasteiger partial charge in [-0.25, -0.2) is 0 Å². The van der Waals surface area contributed by atoms with E-state index in [9.17, 15) is 9.59 Å². The van der Waals surface area contributed by atoms with Crippen LogP contribution in [0.15, 0.2) is 18.2 Å². The van der Waals surface area contributed by atoms with Gasteiger partial charge in [-0.1, -0.05) is 32.4 Å². The Hall–Kier alpha value is -1.55. The van der Waals surface area contributed by atoms with Crippen LogP contribution in [-0.4, -0.2) is 30.7 Å². The molecule has 1 unspecified atom stereocenters. The number of rotatable bonds is 10. The molecule has 1 aromatic carbocycles. The fraction of sp³-hybridized carbons (Fsp3) is 0.529. The second kappa shape index (κ2) is 9.46. The van der Waals surface area contributed by atoms with Crippen LogP contribution >= 0.6 is 11.6 Å². The minimum absolute atomic E-state index is 0.108. The molecule has 5 heteroatoms. The van der Waals surface area contributed by atoms with Gasteiger partial charge in [-0.05, 0) is 43.0 Å². The fourth-order valence-corrected chi connectivity index (χ4v) is 2.68. The molecule has 0 amide bonds. The Labute approximate surface area is 137 Å². The van der Waals surface area contributed by atoms with Gasteiger partial charge in [-0.3, -0.25) is 4.79 Å². The van der Waals surface area contributed by atoms with Crippen LogP contribution in [0.5, 0.6) is 5.75 Å². The van der Waals surface area contributed by atoms with E-state index in [2.05, 4.69) is 0 Å². The molecule has 1 rings (SSSR count). The smallest absolute Gasteiger partial charge is 0.244 e. The van der Waals surface area contributed by atoms with E-state index in [-0.39, 0.29) is 6.54 Å². The van der Waals surface area contributed by atoms with Gasteiger partial charge in [-0.2, -0.15) is 0 Å². The molecule has 0 aliphatic rings. The summed E-state index contributed by atoms with van der Waals surface area (Å²) in [5.41, 5.74) is 1.73. The normalized spacial score (nSPS) is 11.8. The molecular formula is C17H24ClNO3. The van der Waals surface area contributed by atoms with Gasteiger partial charge in [0.25, 0.3) is 0 Å². The van der Waals surface area contributed by atoms with Crippen molar-refractivity contribution in [2.45, 2.75) is 46.1 Å². The summed E-state index contributed by atoms with van der Waals surface area (Å²) in [4.78, 5) is 24.7. The van der Waals surface area contributed by atoms with Crippen LogP contribution in [0.25, 0.3) is 0 Å². The second-order valence-corrected chi connectivity index (χ2v) is 5.57. The number of halogens is 1. The molecule has 1 atom stereocenters. The second-order valence-electron chi connectivity index (χ2n) is 5.20. The highest BCUT2D eigenvalue weighted by Crippen LogP contribution is 2.34. The Morgan fingerprint density at radius 2 is 2.09 bits per heavy atom. The molecule has 4 nitrogen and oxygen atoms in total. The largest absolute Gasteiger partial charge is 0.491 e. The zero-order chi connectivity index (χ0) is 16.5. The van der Waals surface area contributed by atoms with Crippen LogP contribution in [0, 0.1) is 6.92 Å². The molecule has 0 fully saturated rings. The van der Waals surface area contributed by atoms with Crippen molar-refractivity contribution in [1.82, 2.24) is 0 Å². The average molecular weight is 326 g/mol. The minimum atomic E-state index is -0.526. The average Bonchev–Trinajstić information content (AvgIpc) is 2.49. The van der Waals surface area contributed by atoms with Crippen molar-refractivity contribution in [3.05, 3.63) is 23.8 Å². The number of ether oxygens (including phenoxy) is 1. The lowest BCUT2D eigenvalue weighted by atomic mass is 10.1. The lowest BCUT2D eigenvalue weighted by molar-refractivity contribution is -0.113. The van der Waals surface area contributed by atoms with E-state index in [4.69, 9.17) is 16.3 Å². The Kier molecular flexibility index (Phi) is 7.96. The summed E-state index contributed by atoms with van der Waals surface area (Å²) in [6, 6.07) is 5.17. The van der Waals surface area contributed by atoms with Crippen LogP contribution in [0.1, 0.15) is 38.7 Å². The van der Waals surface area contributed by atoms with E-state index < -0.39 is 11.3 Å².